The zero-order valence-electron chi connectivity index (χ0n) is 11.9. The summed E-state index contributed by atoms with van der Waals surface area (Å²) in [5, 5.41) is 3.02. The molecule has 0 atom stereocenters. The summed E-state index contributed by atoms with van der Waals surface area (Å²) in [6, 6.07) is 6.62. The summed E-state index contributed by atoms with van der Waals surface area (Å²) in [4.78, 5) is 16.2. The minimum absolute atomic E-state index is 0.0945. The number of nitrogens with zero attached hydrogens (tertiary/aromatic N) is 2. The molecule has 1 heterocycles. The SMILES string of the molecule is CCN1CCN(C(=O)CNCc2ccccc2F)CC1. The molecule has 2 rings (SSSR count). The minimum atomic E-state index is -0.232. The van der Waals surface area contributed by atoms with Gasteiger partial charge in [-0.1, -0.05) is 25.1 Å². The van der Waals surface area contributed by atoms with E-state index in [1.165, 1.54) is 6.07 Å². The van der Waals surface area contributed by atoms with E-state index in [4.69, 9.17) is 0 Å². The van der Waals surface area contributed by atoms with Gasteiger partial charge in [-0.2, -0.15) is 0 Å². The number of rotatable bonds is 5. The van der Waals surface area contributed by atoms with E-state index >= 15 is 0 Å². The third-order valence-corrected chi connectivity index (χ3v) is 3.72. The molecule has 1 aromatic carbocycles. The Labute approximate surface area is 119 Å². The first-order valence-corrected chi connectivity index (χ1v) is 7.15. The van der Waals surface area contributed by atoms with Crippen LogP contribution in [0.5, 0.6) is 0 Å². The maximum Gasteiger partial charge on any atom is 0.236 e. The fourth-order valence-electron chi connectivity index (χ4n) is 2.37. The first kappa shape index (κ1) is 14.9. The number of hydrogen-bond donors (Lipinski definition) is 1. The number of nitrogens with one attached hydrogen (secondary N) is 1. The van der Waals surface area contributed by atoms with Gasteiger partial charge in [-0.3, -0.25) is 4.79 Å². The highest BCUT2D eigenvalue weighted by Crippen LogP contribution is 2.05. The lowest BCUT2D eigenvalue weighted by molar-refractivity contribution is -0.131. The lowest BCUT2D eigenvalue weighted by atomic mass is 10.2. The lowest BCUT2D eigenvalue weighted by Gasteiger charge is -2.34. The Morgan fingerprint density at radius 3 is 2.60 bits per heavy atom. The number of halogens is 1. The molecule has 1 fully saturated rings. The van der Waals surface area contributed by atoms with Gasteiger partial charge < -0.3 is 15.1 Å². The highest BCUT2D eigenvalue weighted by Gasteiger charge is 2.19. The monoisotopic (exact) mass is 279 g/mol. The Balaban J connectivity index is 1.72. The molecule has 20 heavy (non-hydrogen) atoms. The summed E-state index contributed by atoms with van der Waals surface area (Å²) in [5.41, 5.74) is 0.594. The van der Waals surface area contributed by atoms with Gasteiger partial charge in [-0.15, -0.1) is 0 Å². The van der Waals surface area contributed by atoms with Crippen LogP contribution in [-0.2, 0) is 11.3 Å². The maximum absolute atomic E-state index is 13.4. The Bertz CT molecular complexity index is 444. The molecule has 1 aromatic rings. The molecular weight excluding hydrogens is 257 g/mol. The van der Waals surface area contributed by atoms with Crippen LogP contribution in [0.3, 0.4) is 0 Å². The summed E-state index contributed by atoms with van der Waals surface area (Å²) in [5.74, 6) is -0.138. The lowest BCUT2D eigenvalue weighted by Crippen LogP contribution is -2.50. The molecule has 0 spiro atoms. The number of carbonyl (C=O) groups is 1. The molecule has 1 N–H and O–H groups in total. The van der Waals surface area contributed by atoms with Crippen molar-refractivity contribution >= 4 is 5.91 Å². The van der Waals surface area contributed by atoms with Gasteiger partial charge in [0, 0.05) is 38.3 Å². The van der Waals surface area contributed by atoms with Crippen LogP contribution in [0.25, 0.3) is 0 Å². The van der Waals surface area contributed by atoms with E-state index in [1.807, 2.05) is 4.90 Å². The Morgan fingerprint density at radius 1 is 1.25 bits per heavy atom. The zero-order valence-corrected chi connectivity index (χ0v) is 11.9. The molecular formula is C15H22FN3O. The number of likely N-dealkylation sites (N-methyl/N-ethyl adjacent to an activating group) is 1. The summed E-state index contributed by atoms with van der Waals surface area (Å²) >= 11 is 0. The van der Waals surface area contributed by atoms with E-state index in [2.05, 4.69) is 17.1 Å². The van der Waals surface area contributed by atoms with Crippen molar-refractivity contribution in [1.82, 2.24) is 15.1 Å². The molecule has 4 nitrogen and oxygen atoms in total. The molecule has 0 aromatic heterocycles. The molecule has 1 saturated heterocycles. The van der Waals surface area contributed by atoms with Crippen molar-refractivity contribution in [3.05, 3.63) is 35.6 Å². The van der Waals surface area contributed by atoms with E-state index < -0.39 is 0 Å². The Kier molecular flexibility index (Phi) is 5.49. The highest BCUT2D eigenvalue weighted by molar-refractivity contribution is 5.78. The van der Waals surface area contributed by atoms with E-state index in [-0.39, 0.29) is 18.3 Å². The third-order valence-electron chi connectivity index (χ3n) is 3.72. The summed E-state index contributed by atoms with van der Waals surface area (Å²) < 4.78 is 13.4. The topological polar surface area (TPSA) is 35.6 Å². The standard InChI is InChI=1S/C15H22FN3O/c1-2-18-7-9-19(10-8-18)15(20)12-17-11-13-5-3-4-6-14(13)16/h3-6,17H,2,7-12H2,1H3. The zero-order chi connectivity index (χ0) is 14.4. The van der Waals surface area contributed by atoms with Crippen molar-refractivity contribution in [3.8, 4) is 0 Å². The number of benzene rings is 1. The molecule has 110 valence electrons. The van der Waals surface area contributed by atoms with Crippen LogP contribution < -0.4 is 5.32 Å². The molecule has 1 aliphatic heterocycles. The first-order valence-electron chi connectivity index (χ1n) is 7.15. The highest BCUT2D eigenvalue weighted by atomic mass is 19.1. The quantitative estimate of drug-likeness (QED) is 0.876. The maximum atomic E-state index is 13.4. The average Bonchev–Trinajstić information content (AvgIpc) is 2.49. The minimum Gasteiger partial charge on any atom is -0.339 e. The van der Waals surface area contributed by atoms with Gasteiger partial charge in [0.15, 0.2) is 0 Å². The molecule has 0 saturated carbocycles. The van der Waals surface area contributed by atoms with Crippen LogP contribution in [0.1, 0.15) is 12.5 Å². The smallest absolute Gasteiger partial charge is 0.236 e. The second kappa shape index (κ2) is 7.36. The fourth-order valence-corrected chi connectivity index (χ4v) is 2.37. The molecule has 0 radical (unpaired) electrons. The largest absolute Gasteiger partial charge is 0.339 e. The second-order valence-corrected chi connectivity index (χ2v) is 5.01. The molecule has 5 heteroatoms. The first-order chi connectivity index (χ1) is 9.70. The predicted octanol–water partition coefficient (Wildman–Crippen LogP) is 1.08. The number of hydrogen-bond acceptors (Lipinski definition) is 3. The van der Waals surface area contributed by atoms with Gasteiger partial charge in [0.1, 0.15) is 5.82 Å². The molecule has 1 amide bonds. The summed E-state index contributed by atoms with van der Waals surface area (Å²) in [6.07, 6.45) is 0. The number of piperazine rings is 1. The van der Waals surface area contributed by atoms with Crippen LogP contribution in [0, 0.1) is 5.82 Å². The molecule has 1 aliphatic rings. The third kappa shape index (κ3) is 4.02. The van der Waals surface area contributed by atoms with Crippen molar-refractivity contribution in [2.45, 2.75) is 13.5 Å². The van der Waals surface area contributed by atoms with E-state index in [9.17, 15) is 9.18 Å². The van der Waals surface area contributed by atoms with Gasteiger partial charge in [0.2, 0.25) is 5.91 Å². The van der Waals surface area contributed by atoms with Crippen LogP contribution in [0.15, 0.2) is 24.3 Å². The van der Waals surface area contributed by atoms with Crippen molar-refractivity contribution in [2.24, 2.45) is 0 Å². The average molecular weight is 279 g/mol. The van der Waals surface area contributed by atoms with Crippen molar-refractivity contribution in [2.75, 3.05) is 39.3 Å². The van der Waals surface area contributed by atoms with E-state index in [0.29, 0.717) is 12.1 Å². The predicted molar refractivity (Wildman–Crippen MR) is 76.8 cm³/mol. The van der Waals surface area contributed by atoms with E-state index in [0.717, 1.165) is 32.7 Å². The van der Waals surface area contributed by atoms with E-state index in [1.54, 1.807) is 18.2 Å². The van der Waals surface area contributed by atoms with Crippen molar-refractivity contribution in [3.63, 3.8) is 0 Å². The van der Waals surface area contributed by atoms with Gasteiger partial charge >= 0.3 is 0 Å². The van der Waals surface area contributed by atoms with Gasteiger partial charge in [-0.05, 0) is 12.6 Å². The molecule has 0 aliphatic carbocycles. The molecule has 0 unspecified atom stereocenters. The van der Waals surface area contributed by atoms with Crippen molar-refractivity contribution < 1.29 is 9.18 Å². The van der Waals surface area contributed by atoms with Crippen LogP contribution in [0.2, 0.25) is 0 Å². The van der Waals surface area contributed by atoms with Gasteiger partial charge in [0.25, 0.3) is 0 Å². The van der Waals surface area contributed by atoms with Gasteiger partial charge in [0.05, 0.1) is 6.54 Å². The van der Waals surface area contributed by atoms with Crippen LogP contribution in [-0.4, -0.2) is 55.0 Å². The Morgan fingerprint density at radius 2 is 1.95 bits per heavy atom. The summed E-state index contributed by atoms with van der Waals surface area (Å²) in [6.45, 7) is 7.27. The van der Waals surface area contributed by atoms with Crippen LogP contribution in [0.4, 0.5) is 4.39 Å². The van der Waals surface area contributed by atoms with Gasteiger partial charge in [-0.25, -0.2) is 4.39 Å². The second-order valence-electron chi connectivity index (χ2n) is 5.01. The van der Waals surface area contributed by atoms with Crippen LogP contribution >= 0.6 is 0 Å². The van der Waals surface area contributed by atoms with Crippen molar-refractivity contribution in [1.29, 1.82) is 0 Å². The summed E-state index contributed by atoms with van der Waals surface area (Å²) in [7, 11) is 0. The Hall–Kier alpha value is -1.46. The molecule has 0 bridgehead atoms. The number of amides is 1. The number of carbonyl (C=O) groups excluding carboxylic acids is 1. The fraction of sp³-hybridized carbons (Fsp3) is 0.533. The normalized spacial score (nSPS) is 16.4.